The number of imide groups is 1. The van der Waals surface area contributed by atoms with Gasteiger partial charge in [-0.05, 0) is 24.3 Å². The molecule has 0 bridgehead atoms. The van der Waals surface area contributed by atoms with Gasteiger partial charge in [-0.1, -0.05) is 5.16 Å². The van der Waals surface area contributed by atoms with Crippen molar-refractivity contribution in [3.05, 3.63) is 53.6 Å². The molecular formula is C19H14F2N2O5. The zero-order chi connectivity index (χ0) is 20.0. The van der Waals surface area contributed by atoms with Gasteiger partial charge in [-0.2, -0.15) is 0 Å². The minimum atomic E-state index is -1.22. The maximum atomic E-state index is 14.2. The number of halogens is 2. The Balaban J connectivity index is 1.73. The molecule has 0 spiro atoms. The van der Waals surface area contributed by atoms with Gasteiger partial charge in [0.15, 0.2) is 0 Å². The van der Waals surface area contributed by atoms with E-state index in [4.69, 9.17) is 14.3 Å². The number of hydrogen-bond donors (Lipinski definition) is 0. The van der Waals surface area contributed by atoms with Gasteiger partial charge in [0.2, 0.25) is 12.0 Å². The Kier molecular flexibility index (Phi) is 4.21. The Hall–Kier alpha value is -3.49. The number of amides is 2. The number of rotatable bonds is 4. The third-order valence-electron chi connectivity index (χ3n) is 4.65. The normalized spacial score (nSPS) is 20.7. The highest BCUT2D eigenvalue weighted by Crippen LogP contribution is 2.38. The Morgan fingerprint density at radius 3 is 2.50 bits per heavy atom. The van der Waals surface area contributed by atoms with E-state index >= 15 is 0 Å². The molecule has 7 nitrogen and oxygen atoms in total. The molecule has 1 saturated heterocycles. The van der Waals surface area contributed by atoms with Crippen molar-refractivity contribution in [3.63, 3.8) is 0 Å². The van der Waals surface area contributed by atoms with E-state index in [0.717, 1.165) is 12.1 Å². The lowest BCUT2D eigenvalue weighted by atomic mass is 9.93. The molecule has 0 N–H and O–H groups in total. The Morgan fingerprint density at radius 2 is 1.82 bits per heavy atom. The second-order valence-electron chi connectivity index (χ2n) is 6.15. The summed E-state index contributed by atoms with van der Waals surface area (Å²) < 4.78 is 37.8. The number of benzene rings is 2. The summed E-state index contributed by atoms with van der Waals surface area (Å²) in [4.78, 5) is 31.5. The van der Waals surface area contributed by atoms with Crippen LogP contribution in [-0.2, 0) is 14.4 Å². The molecule has 2 unspecified atom stereocenters. The highest BCUT2D eigenvalue weighted by Gasteiger charge is 2.57. The highest BCUT2D eigenvalue weighted by molar-refractivity contribution is 6.32. The first-order chi connectivity index (χ1) is 13.5. The summed E-state index contributed by atoms with van der Waals surface area (Å²) in [5, 5.41) is 3.89. The van der Waals surface area contributed by atoms with Crippen LogP contribution in [0.1, 0.15) is 5.56 Å². The van der Waals surface area contributed by atoms with Gasteiger partial charge >= 0.3 is 0 Å². The van der Waals surface area contributed by atoms with Gasteiger partial charge in [0.25, 0.3) is 5.91 Å². The minimum Gasteiger partial charge on any atom is -0.497 e. The van der Waals surface area contributed by atoms with Gasteiger partial charge in [-0.3, -0.25) is 9.59 Å². The second kappa shape index (κ2) is 6.59. The molecular weight excluding hydrogens is 374 g/mol. The zero-order valence-electron chi connectivity index (χ0n) is 14.8. The lowest BCUT2D eigenvalue weighted by Gasteiger charge is -2.16. The lowest BCUT2D eigenvalue weighted by Crippen LogP contribution is -2.34. The fourth-order valence-electron chi connectivity index (χ4n) is 3.31. The van der Waals surface area contributed by atoms with Crippen LogP contribution >= 0.6 is 0 Å². The van der Waals surface area contributed by atoms with E-state index in [0.29, 0.717) is 28.0 Å². The fourth-order valence-corrected chi connectivity index (χ4v) is 3.31. The van der Waals surface area contributed by atoms with Gasteiger partial charge in [0.05, 0.1) is 19.9 Å². The smallest absolute Gasteiger partial charge is 0.279 e. The quantitative estimate of drug-likeness (QED) is 0.751. The summed E-state index contributed by atoms with van der Waals surface area (Å²) in [6, 6.07) is 7.48. The molecule has 0 saturated carbocycles. The van der Waals surface area contributed by atoms with Crippen molar-refractivity contribution in [2.75, 3.05) is 19.1 Å². The Bertz CT molecular complexity index is 1020. The zero-order valence-corrected chi connectivity index (χ0v) is 14.8. The van der Waals surface area contributed by atoms with Crippen LogP contribution in [-0.4, -0.2) is 37.8 Å². The Labute approximate surface area is 158 Å². The van der Waals surface area contributed by atoms with E-state index in [9.17, 15) is 18.4 Å². The van der Waals surface area contributed by atoms with Crippen LogP contribution in [0.3, 0.4) is 0 Å². The van der Waals surface area contributed by atoms with Crippen molar-refractivity contribution in [1.82, 2.24) is 0 Å². The van der Waals surface area contributed by atoms with Crippen molar-refractivity contribution in [2.45, 2.75) is 6.10 Å². The highest BCUT2D eigenvalue weighted by atomic mass is 19.1. The SMILES string of the molecule is COc1ccc(C2=NOC3C(=O)N(c4ccc(F)cc4F)C(=O)C23)c(OC)c1. The number of fused-ring (bicyclic) bond motifs is 1. The lowest BCUT2D eigenvalue weighted by molar-refractivity contribution is -0.126. The van der Waals surface area contributed by atoms with Crippen LogP contribution in [0.4, 0.5) is 14.5 Å². The van der Waals surface area contributed by atoms with Gasteiger partial charge in [0.1, 0.15) is 34.8 Å². The van der Waals surface area contributed by atoms with Crippen molar-refractivity contribution < 1.29 is 32.7 Å². The van der Waals surface area contributed by atoms with Crippen LogP contribution in [0.15, 0.2) is 41.6 Å². The molecule has 0 aromatic heterocycles. The molecule has 0 radical (unpaired) electrons. The van der Waals surface area contributed by atoms with Crippen LogP contribution in [0.2, 0.25) is 0 Å². The summed E-state index contributed by atoms with van der Waals surface area (Å²) in [5.41, 5.74) is 0.293. The molecule has 2 aromatic rings. The van der Waals surface area contributed by atoms with Crippen LogP contribution in [0, 0.1) is 17.6 Å². The molecule has 4 rings (SSSR count). The van der Waals surface area contributed by atoms with Crippen LogP contribution in [0.5, 0.6) is 11.5 Å². The molecule has 2 amide bonds. The standard InChI is InChI=1S/C19H14F2N2O5/c1-26-10-4-5-11(14(8-10)27-2)16-15-17(28-22-16)19(25)23(18(15)24)13-6-3-9(20)7-12(13)21/h3-8,15,17H,1-2H3. The summed E-state index contributed by atoms with van der Waals surface area (Å²) >= 11 is 0. The number of carbonyl (C=O) groups is 2. The molecule has 28 heavy (non-hydrogen) atoms. The Morgan fingerprint density at radius 1 is 1.04 bits per heavy atom. The molecule has 2 heterocycles. The maximum absolute atomic E-state index is 14.2. The first-order valence-corrected chi connectivity index (χ1v) is 8.25. The third kappa shape index (κ3) is 2.58. The van der Waals surface area contributed by atoms with E-state index in [1.54, 1.807) is 18.2 Å². The van der Waals surface area contributed by atoms with E-state index < -0.39 is 35.5 Å². The van der Waals surface area contributed by atoms with Gasteiger partial charge < -0.3 is 14.3 Å². The molecule has 144 valence electrons. The van der Waals surface area contributed by atoms with E-state index in [1.807, 2.05) is 0 Å². The van der Waals surface area contributed by atoms with E-state index in [2.05, 4.69) is 5.16 Å². The monoisotopic (exact) mass is 388 g/mol. The molecule has 9 heteroatoms. The summed E-state index contributed by atoms with van der Waals surface area (Å²) in [5.74, 6) is -3.50. The molecule has 2 aromatic carbocycles. The fraction of sp³-hybridized carbons (Fsp3) is 0.211. The molecule has 0 aliphatic carbocycles. The van der Waals surface area contributed by atoms with Gasteiger partial charge in [-0.25, -0.2) is 13.7 Å². The first kappa shape index (κ1) is 17.9. The predicted octanol–water partition coefficient (Wildman–Crippen LogP) is 2.27. The van der Waals surface area contributed by atoms with Crippen molar-refractivity contribution >= 4 is 23.2 Å². The van der Waals surface area contributed by atoms with Crippen molar-refractivity contribution in [2.24, 2.45) is 11.1 Å². The minimum absolute atomic E-state index is 0.188. The largest absolute Gasteiger partial charge is 0.497 e. The topological polar surface area (TPSA) is 77.4 Å². The average Bonchev–Trinajstić information content (AvgIpc) is 3.22. The number of methoxy groups -OCH3 is 2. The number of hydrogen-bond acceptors (Lipinski definition) is 6. The second-order valence-corrected chi connectivity index (χ2v) is 6.15. The average molecular weight is 388 g/mol. The maximum Gasteiger partial charge on any atom is 0.279 e. The molecule has 2 aliphatic heterocycles. The number of ether oxygens (including phenoxy) is 2. The molecule has 1 fully saturated rings. The first-order valence-electron chi connectivity index (χ1n) is 8.25. The van der Waals surface area contributed by atoms with Crippen LogP contribution in [0.25, 0.3) is 0 Å². The van der Waals surface area contributed by atoms with Crippen molar-refractivity contribution in [1.29, 1.82) is 0 Å². The molecule has 2 atom stereocenters. The number of oxime groups is 1. The summed E-state index contributed by atoms with van der Waals surface area (Å²) in [6.07, 6.45) is -1.22. The third-order valence-corrected chi connectivity index (χ3v) is 4.65. The van der Waals surface area contributed by atoms with E-state index in [-0.39, 0.29) is 11.4 Å². The van der Waals surface area contributed by atoms with Crippen molar-refractivity contribution in [3.8, 4) is 11.5 Å². The van der Waals surface area contributed by atoms with Gasteiger partial charge in [-0.15, -0.1) is 0 Å². The summed E-state index contributed by atoms with van der Waals surface area (Å²) in [7, 11) is 2.93. The predicted molar refractivity (Wildman–Crippen MR) is 93.3 cm³/mol. The number of nitrogens with zero attached hydrogens (tertiary/aromatic N) is 2. The summed E-state index contributed by atoms with van der Waals surface area (Å²) in [6.45, 7) is 0. The number of anilines is 1. The molecule has 2 aliphatic rings. The van der Waals surface area contributed by atoms with E-state index in [1.165, 1.54) is 14.2 Å². The van der Waals surface area contributed by atoms with Gasteiger partial charge in [0, 0.05) is 17.7 Å². The van der Waals surface area contributed by atoms with Crippen LogP contribution < -0.4 is 14.4 Å². The number of carbonyl (C=O) groups excluding carboxylic acids is 2.